The van der Waals surface area contributed by atoms with Gasteiger partial charge in [-0.2, -0.15) is 0 Å². The second-order valence-corrected chi connectivity index (χ2v) is 5.64. The van der Waals surface area contributed by atoms with E-state index in [-0.39, 0.29) is 5.91 Å². The highest BCUT2D eigenvalue weighted by molar-refractivity contribution is 6.06. The van der Waals surface area contributed by atoms with E-state index in [9.17, 15) is 4.79 Å². The maximum atomic E-state index is 12.8. The van der Waals surface area contributed by atoms with Crippen molar-refractivity contribution in [3.05, 3.63) is 65.2 Å². The van der Waals surface area contributed by atoms with E-state index in [1.54, 1.807) is 0 Å². The minimum atomic E-state index is 0.0815. The van der Waals surface area contributed by atoms with Crippen LogP contribution in [0.2, 0.25) is 0 Å². The van der Waals surface area contributed by atoms with Crippen molar-refractivity contribution in [2.45, 2.75) is 32.4 Å². The van der Waals surface area contributed by atoms with Gasteiger partial charge in [0, 0.05) is 23.8 Å². The zero-order valence-corrected chi connectivity index (χ0v) is 12.3. The van der Waals surface area contributed by atoms with Crippen molar-refractivity contribution in [3.8, 4) is 0 Å². The van der Waals surface area contributed by atoms with Gasteiger partial charge in [-0.25, -0.2) is 0 Å². The molecular formula is C18H20N2O. The molecule has 108 valence electrons. The first kappa shape index (κ1) is 13.8. The summed E-state index contributed by atoms with van der Waals surface area (Å²) in [7, 11) is 0. The van der Waals surface area contributed by atoms with Crippen LogP contribution in [0.15, 0.2) is 48.5 Å². The number of amides is 1. The summed E-state index contributed by atoms with van der Waals surface area (Å²) < 4.78 is 0. The largest absolute Gasteiger partial charge is 0.326 e. The minimum Gasteiger partial charge on any atom is -0.326 e. The Labute approximate surface area is 125 Å². The lowest BCUT2D eigenvalue weighted by Crippen LogP contribution is -2.33. The molecule has 0 bridgehead atoms. The molecule has 1 aliphatic rings. The van der Waals surface area contributed by atoms with Gasteiger partial charge < -0.3 is 10.6 Å². The van der Waals surface area contributed by atoms with Crippen LogP contribution in [0.4, 0.5) is 5.69 Å². The first-order valence-corrected chi connectivity index (χ1v) is 7.38. The molecule has 1 aliphatic carbocycles. The molecule has 3 heteroatoms. The molecule has 3 nitrogen and oxygen atoms in total. The van der Waals surface area contributed by atoms with E-state index in [0.29, 0.717) is 12.6 Å². The van der Waals surface area contributed by atoms with Gasteiger partial charge in [-0.15, -0.1) is 0 Å². The summed E-state index contributed by atoms with van der Waals surface area (Å²) in [5.74, 6) is 0.0815. The normalized spacial score (nSPS) is 14.0. The van der Waals surface area contributed by atoms with E-state index in [4.69, 9.17) is 5.73 Å². The van der Waals surface area contributed by atoms with Gasteiger partial charge in [0.05, 0.1) is 0 Å². The van der Waals surface area contributed by atoms with Crippen molar-refractivity contribution in [2.24, 2.45) is 5.73 Å². The molecule has 2 aromatic carbocycles. The Morgan fingerprint density at radius 2 is 1.71 bits per heavy atom. The first-order chi connectivity index (χ1) is 10.2. The summed E-state index contributed by atoms with van der Waals surface area (Å²) >= 11 is 0. The summed E-state index contributed by atoms with van der Waals surface area (Å²) in [4.78, 5) is 14.7. The van der Waals surface area contributed by atoms with E-state index in [1.807, 2.05) is 60.4 Å². The molecule has 21 heavy (non-hydrogen) atoms. The van der Waals surface area contributed by atoms with E-state index < -0.39 is 0 Å². The number of carbonyl (C=O) groups is 1. The summed E-state index contributed by atoms with van der Waals surface area (Å²) in [5.41, 5.74) is 9.58. The van der Waals surface area contributed by atoms with Gasteiger partial charge in [0.1, 0.15) is 0 Å². The average molecular weight is 280 g/mol. The fourth-order valence-corrected chi connectivity index (χ4v) is 2.45. The monoisotopic (exact) mass is 280 g/mol. The maximum absolute atomic E-state index is 12.8. The fraction of sp³-hybridized carbons (Fsp3) is 0.278. The van der Waals surface area contributed by atoms with Gasteiger partial charge in [-0.3, -0.25) is 4.79 Å². The molecule has 0 unspecified atom stereocenters. The van der Waals surface area contributed by atoms with Crippen LogP contribution >= 0.6 is 0 Å². The number of hydrogen-bond acceptors (Lipinski definition) is 2. The van der Waals surface area contributed by atoms with E-state index in [0.717, 1.165) is 35.2 Å². The highest BCUT2D eigenvalue weighted by atomic mass is 16.2. The van der Waals surface area contributed by atoms with Gasteiger partial charge in [-0.05, 0) is 49.6 Å². The summed E-state index contributed by atoms with van der Waals surface area (Å²) in [5, 5.41) is 0. The number of hydrogen-bond donors (Lipinski definition) is 1. The molecule has 0 saturated heterocycles. The molecule has 0 radical (unpaired) electrons. The molecule has 0 aromatic heterocycles. The Morgan fingerprint density at radius 3 is 2.24 bits per heavy atom. The highest BCUT2D eigenvalue weighted by Gasteiger charge is 2.34. The third-order valence-electron chi connectivity index (χ3n) is 3.88. The number of anilines is 1. The second-order valence-electron chi connectivity index (χ2n) is 5.64. The summed E-state index contributed by atoms with van der Waals surface area (Å²) in [6.45, 7) is 2.55. The topological polar surface area (TPSA) is 46.3 Å². The second kappa shape index (κ2) is 5.70. The van der Waals surface area contributed by atoms with Crippen LogP contribution in [0.5, 0.6) is 0 Å². The van der Waals surface area contributed by atoms with Crippen LogP contribution in [0.1, 0.15) is 34.3 Å². The van der Waals surface area contributed by atoms with Crippen molar-refractivity contribution in [1.82, 2.24) is 0 Å². The molecule has 0 atom stereocenters. The molecule has 1 saturated carbocycles. The van der Waals surface area contributed by atoms with E-state index in [2.05, 4.69) is 0 Å². The summed E-state index contributed by atoms with van der Waals surface area (Å²) in [6, 6.07) is 16.1. The van der Waals surface area contributed by atoms with Gasteiger partial charge in [0.15, 0.2) is 0 Å². The molecule has 0 aliphatic heterocycles. The van der Waals surface area contributed by atoms with Crippen molar-refractivity contribution >= 4 is 11.6 Å². The number of aryl methyl sites for hydroxylation is 1. The average Bonchev–Trinajstić information content (AvgIpc) is 3.33. The third-order valence-corrected chi connectivity index (χ3v) is 3.88. The standard InChI is InChI=1S/C18H20N2O/c1-13-2-6-15(7-3-13)18(21)20(17-10-11-17)16-8-4-14(12-19)5-9-16/h2-9,17H,10-12,19H2,1H3. The lowest BCUT2D eigenvalue weighted by atomic mass is 10.1. The van der Waals surface area contributed by atoms with Gasteiger partial charge in [-0.1, -0.05) is 29.8 Å². The SMILES string of the molecule is Cc1ccc(C(=O)N(c2ccc(CN)cc2)C2CC2)cc1. The molecule has 1 fully saturated rings. The fourth-order valence-electron chi connectivity index (χ4n) is 2.45. The quantitative estimate of drug-likeness (QED) is 0.934. The Balaban J connectivity index is 1.90. The zero-order valence-electron chi connectivity index (χ0n) is 12.3. The third kappa shape index (κ3) is 2.98. The van der Waals surface area contributed by atoms with Crippen molar-refractivity contribution in [3.63, 3.8) is 0 Å². The van der Waals surface area contributed by atoms with Crippen LogP contribution in [0, 0.1) is 6.92 Å². The minimum absolute atomic E-state index is 0.0815. The highest BCUT2D eigenvalue weighted by Crippen LogP contribution is 2.33. The molecular weight excluding hydrogens is 260 g/mol. The first-order valence-electron chi connectivity index (χ1n) is 7.38. The maximum Gasteiger partial charge on any atom is 0.258 e. The number of nitrogens with two attached hydrogens (primary N) is 1. The lowest BCUT2D eigenvalue weighted by Gasteiger charge is -2.23. The Morgan fingerprint density at radius 1 is 1.10 bits per heavy atom. The Kier molecular flexibility index (Phi) is 3.76. The lowest BCUT2D eigenvalue weighted by molar-refractivity contribution is 0.0985. The number of nitrogens with zero attached hydrogens (tertiary/aromatic N) is 1. The molecule has 3 rings (SSSR count). The molecule has 0 heterocycles. The van der Waals surface area contributed by atoms with E-state index in [1.165, 1.54) is 0 Å². The van der Waals surface area contributed by atoms with Gasteiger partial charge in [0.2, 0.25) is 0 Å². The Bertz CT molecular complexity index is 627. The molecule has 0 spiro atoms. The van der Waals surface area contributed by atoms with Crippen molar-refractivity contribution in [1.29, 1.82) is 0 Å². The van der Waals surface area contributed by atoms with E-state index >= 15 is 0 Å². The van der Waals surface area contributed by atoms with Gasteiger partial charge >= 0.3 is 0 Å². The smallest absolute Gasteiger partial charge is 0.258 e. The number of rotatable bonds is 4. The van der Waals surface area contributed by atoms with Crippen LogP contribution < -0.4 is 10.6 Å². The number of carbonyl (C=O) groups excluding carboxylic acids is 1. The molecule has 2 N–H and O–H groups in total. The molecule has 2 aromatic rings. The van der Waals surface area contributed by atoms with Crippen LogP contribution in [-0.4, -0.2) is 11.9 Å². The van der Waals surface area contributed by atoms with Gasteiger partial charge in [0.25, 0.3) is 5.91 Å². The molecule has 1 amide bonds. The van der Waals surface area contributed by atoms with Crippen molar-refractivity contribution < 1.29 is 4.79 Å². The van der Waals surface area contributed by atoms with Crippen molar-refractivity contribution in [2.75, 3.05) is 4.90 Å². The van der Waals surface area contributed by atoms with Crippen LogP contribution in [-0.2, 0) is 6.54 Å². The summed E-state index contributed by atoms with van der Waals surface area (Å²) in [6.07, 6.45) is 2.16. The Hall–Kier alpha value is -2.13. The predicted molar refractivity (Wildman–Crippen MR) is 85.3 cm³/mol. The zero-order chi connectivity index (χ0) is 14.8. The number of benzene rings is 2. The predicted octanol–water partition coefficient (Wildman–Crippen LogP) is 3.26. The van der Waals surface area contributed by atoms with Crippen LogP contribution in [0.3, 0.4) is 0 Å². The van der Waals surface area contributed by atoms with Crippen LogP contribution in [0.25, 0.3) is 0 Å².